The van der Waals surface area contributed by atoms with E-state index in [0.29, 0.717) is 35.8 Å². The van der Waals surface area contributed by atoms with Gasteiger partial charge in [0.05, 0.1) is 24.3 Å². The monoisotopic (exact) mass is 797 g/mol. The number of esters is 2. The van der Waals surface area contributed by atoms with Gasteiger partial charge in [0.15, 0.2) is 0 Å². The van der Waals surface area contributed by atoms with Gasteiger partial charge in [-0.05, 0) is 74.8 Å². The molecule has 2 rings (SSSR count). The van der Waals surface area contributed by atoms with Gasteiger partial charge in [-0.15, -0.1) is 0 Å². The topological polar surface area (TPSA) is 89.9 Å². The summed E-state index contributed by atoms with van der Waals surface area (Å²) in [5.41, 5.74) is 0.959. The first-order valence-electron chi connectivity index (χ1n) is 23.8. The largest absolute Gasteiger partial charge is 0.478 e. The fourth-order valence-electron chi connectivity index (χ4n) is 8.25. The summed E-state index contributed by atoms with van der Waals surface area (Å²) in [6, 6.07) is 6.75. The van der Waals surface area contributed by atoms with E-state index in [1.165, 1.54) is 122 Å². The zero-order chi connectivity index (χ0) is 42.2. The van der Waals surface area contributed by atoms with E-state index in [-0.39, 0.29) is 5.41 Å². The molecule has 57 heavy (non-hydrogen) atoms. The zero-order valence-electron chi connectivity index (χ0n) is 38.0. The number of carboxylic acids is 1. The van der Waals surface area contributed by atoms with Gasteiger partial charge < -0.3 is 14.6 Å². The van der Waals surface area contributed by atoms with Gasteiger partial charge in [-0.25, -0.2) is 14.4 Å². The fourth-order valence-corrected chi connectivity index (χ4v) is 8.25. The third kappa shape index (κ3) is 24.8. The average Bonchev–Trinajstić information content (AvgIpc) is 3.20. The van der Waals surface area contributed by atoms with Crippen LogP contribution in [0, 0.1) is 23.2 Å². The Bertz CT molecular complexity index is 1190. The SMILES string of the molecule is C=C(C(=O)O)C1(CCCCCCCC)CCC(CCCCCCCC)CC1.CC(C)CCCCCCCOC(=O)c1ccccc1C(=O)OCCCCCC(C)C. The molecular formula is C51H88O6. The summed E-state index contributed by atoms with van der Waals surface area (Å²) < 4.78 is 10.8. The summed E-state index contributed by atoms with van der Waals surface area (Å²) >= 11 is 0. The molecule has 0 unspecified atom stereocenters. The molecule has 0 heterocycles. The minimum atomic E-state index is -0.768. The molecule has 1 fully saturated rings. The minimum absolute atomic E-state index is 0.117. The molecule has 0 atom stereocenters. The van der Waals surface area contributed by atoms with Crippen molar-refractivity contribution in [1.82, 2.24) is 0 Å². The lowest BCUT2D eigenvalue weighted by molar-refractivity contribution is -0.134. The summed E-state index contributed by atoms with van der Waals surface area (Å²) in [4.78, 5) is 36.5. The lowest BCUT2D eigenvalue weighted by Gasteiger charge is -2.41. The molecule has 1 N–H and O–H groups in total. The van der Waals surface area contributed by atoms with E-state index < -0.39 is 17.9 Å². The van der Waals surface area contributed by atoms with Crippen LogP contribution in [0.5, 0.6) is 0 Å². The summed E-state index contributed by atoms with van der Waals surface area (Å²) in [5.74, 6) is 0.625. The highest BCUT2D eigenvalue weighted by Gasteiger charge is 2.39. The van der Waals surface area contributed by atoms with Crippen LogP contribution in [-0.4, -0.2) is 36.2 Å². The predicted molar refractivity (Wildman–Crippen MR) is 240 cm³/mol. The van der Waals surface area contributed by atoms with Crippen LogP contribution in [0.15, 0.2) is 36.4 Å². The fraction of sp³-hybridized carbons (Fsp3) is 0.784. The number of hydrogen-bond donors (Lipinski definition) is 1. The van der Waals surface area contributed by atoms with Crippen LogP contribution in [-0.2, 0) is 14.3 Å². The average molecular weight is 797 g/mol. The van der Waals surface area contributed by atoms with Crippen LogP contribution in [0.4, 0.5) is 0 Å². The van der Waals surface area contributed by atoms with Crippen molar-refractivity contribution in [2.45, 2.75) is 221 Å². The maximum Gasteiger partial charge on any atom is 0.339 e. The van der Waals surface area contributed by atoms with Crippen LogP contribution in [0.2, 0.25) is 0 Å². The number of aliphatic carboxylic acids is 1. The molecule has 1 aliphatic rings. The second-order valence-corrected chi connectivity index (χ2v) is 18.1. The zero-order valence-corrected chi connectivity index (χ0v) is 38.0. The van der Waals surface area contributed by atoms with E-state index in [1.54, 1.807) is 24.3 Å². The molecule has 1 aromatic rings. The third-order valence-electron chi connectivity index (χ3n) is 12.1. The van der Waals surface area contributed by atoms with Crippen molar-refractivity contribution in [3.63, 3.8) is 0 Å². The van der Waals surface area contributed by atoms with Gasteiger partial charge in [-0.2, -0.15) is 0 Å². The Labute approximate surface area is 351 Å². The highest BCUT2D eigenvalue weighted by atomic mass is 16.5. The van der Waals surface area contributed by atoms with Crippen LogP contribution in [0.25, 0.3) is 0 Å². The van der Waals surface area contributed by atoms with Crippen molar-refractivity contribution in [3.8, 4) is 0 Å². The summed E-state index contributed by atoms with van der Waals surface area (Å²) in [7, 11) is 0. The molecule has 0 spiro atoms. The molecule has 0 amide bonds. The Hall–Kier alpha value is -2.63. The van der Waals surface area contributed by atoms with E-state index >= 15 is 0 Å². The molecule has 6 nitrogen and oxygen atoms in total. The van der Waals surface area contributed by atoms with Crippen molar-refractivity contribution in [2.75, 3.05) is 13.2 Å². The van der Waals surface area contributed by atoms with Crippen molar-refractivity contribution >= 4 is 17.9 Å². The Kier molecular flexibility index (Phi) is 30.5. The summed E-state index contributed by atoms with van der Waals surface area (Å²) in [6.45, 7) is 18.2. The van der Waals surface area contributed by atoms with Gasteiger partial charge in [0.1, 0.15) is 0 Å². The minimum Gasteiger partial charge on any atom is -0.478 e. The second-order valence-electron chi connectivity index (χ2n) is 18.1. The molecule has 328 valence electrons. The van der Waals surface area contributed by atoms with Gasteiger partial charge in [0.25, 0.3) is 0 Å². The predicted octanol–water partition coefficient (Wildman–Crippen LogP) is 15.5. The van der Waals surface area contributed by atoms with Crippen molar-refractivity contribution in [2.24, 2.45) is 23.2 Å². The normalized spacial score (nSPS) is 16.6. The quantitative estimate of drug-likeness (QED) is 0.0444. The number of benzene rings is 1. The molecule has 0 saturated heterocycles. The van der Waals surface area contributed by atoms with E-state index in [2.05, 4.69) is 48.1 Å². The van der Waals surface area contributed by atoms with Crippen LogP contribution in [0.3, 0.4) is 0 Å². The first-order chi connectivity index (χ1) is 27.5. The Morgan fingerprint density at radius 3 is 1.49 bits per heavy atom. The smallest absolute Gasteiger partial charge is 0.339 e. The molecular weight excluding hydrogens is 709 g/mol. The van der Waals surface area contributed by atoms with Crippen LogP contribution in [0.1, 0.15) is 242 Å². The lowest BCUT2D eigenvalue weighted by atomic mass is 9.63. The van der Waals surface area contributed by atoms with Gasteiger partial charge in [-0.3, -0.25) is 0 Å². The molecule has 0 aliphatic heterocycles. The number of rotatable bonds is 32. The third-order valence-corrected chi connectivity index (χ3v) is 12.1. The number of carbonyl (C=O) groups excluding carboxylic acids is 2. The number of unbranched alkanes of at least 4 members (excludes halogenated alkanes) is 16. The number of carboxylic acid groups (broad SMARTS) is 1. The maximum absolute atomic E-state index is 12.4. The lowest BCUT2D eigenvalue weighted by Crippen LogP contribution is -2.32. The van der Waals surface area contributed by atoms with Gasteiger partial charge in [-0.1, -0.05) is 195 Å². The van der Waals surface area contributed by atoms with E-state index in [9.17, 15) is 19.5 Å². The second kappa shape index (κ2) is 33.2. The molecule has 1 saturated carbocycles. The highest BCUT2D eigenvalue weighted by Crippen LogP contribution is 2.48. The number of hydrogen-bond acceptors (Lipinski definition) is 5. The van der Waals surface area contributed by atoms with Crippen LogP contribution < -0.4 is 0 Å². The Balaban J connectivity index is 0.000000573. The molecule has 1 aromatic carbocycles. The van der Waals surface area contributed by atoms with Gasteiger partial charge in [0, 0.05) is 11.0 Å². The van der Waals surface area contributed by atoms with Gasteiger partial charge in [0.2, 0.25) is 0 Å². The van der Waals surface area contributed by atoms with E-state index in [1.807, 2.05) is 0 Å². The van der Waals surface area contributed by atoms with Crippen LogP contribution >= 0.6 is 0 Å². The molecule has 1 aliphatic carbocycles. The first-order valence-corrected chi connectivity index (χ1v) is 23.8. The highest BCUT2D eigenvalue weighted by molar-refractivity contribution is 6.03. The van der Waals surface area contributed by atoms with Crippen molar-refractivity contribution < 1.29 is 29.0 Å². The molecule has 0 aromatic heterocycles. The number of ether oxygens (including phenoxy) is 2. The summed E-state index contributed by atoms with van der Waals surface area (Å²) in [6.07, 6.45) is 33.8. The standard InChI is InChI=1S/C26H42O4.C25H46O2/c1-21(2)15-9-6-5-7-13-19-29-25(27)23-17-11-12-18-24(23)26(28)30-20-14-8-10-16-22(3)4;1-4-6-8-10-12-14-16-23-17-20-25(21-18-23,22(3)24(26)27)19-15-13-11-9-7-5-2/h11-12,17-18,21-22H,5-10,13-16,19-20H2,1-4H3;23H,3-21H2,1-2H3,(H,26,27). The first kappa shape index (κ1) is 52.4. The maximum atomic E-state index is 12.4. The molecule has 0 bridgehead atoms. The van der Waals surface area contributed by atoms with Crippen molar-refractivity contribution in [3.05, 3.63) is 47.5 Å². The van der Waals surface area contributed by atoms with Gasteiger partial charge >= 0.3 is 17.9 Å². The summed E-state index contributed by atoms with van der Waals surface area (Å²) in [5, 5.41) is 9.58. The molecule has 6 heteroatoms. The van der Waals surface area contributed by atoms with Crippen molar-refractivity contribution in [1.29, 1.82) is 0 Å². The van der Waals surface area contributed by atoms with E-state index in [0.717, 1.165) is 69.6 Å². The number of carbonyl (C=O) groups is 3. The Morgan fingerprint density at radius 2 is 1.04 bits per heavy atom. The Morgan fingerprint density at radius 1 is 0.632 bits per heavy atom. The molecule has 0 radical (unpaired) electrons. The van der Waals surface area contributed by atoms with E-state index in [4.69, 9.17) is 9.47 Å².